The molecule has 3 N–H and O–H groups in total. The molecule has 0 aliphatic carbocycles. The molecule has 0 fully saturated rings. The van der Waals surface area contributed by atoms with Crippen LogP contribution >= 0.6 is 34.8 Å². The molecular weight excluding hydrogens is 359 g/mol. The minimum atomic E-state index is -0.900. The zero-order chi connectivity index (χ0) is 16.6. The summed E-state index contributed by atoms with van der Waals surface area (Å²) < 4.78 is 5.62. The summed E-state index contributed by atoms with van der Waals surface area (Å²) in [6, 6.07) is 7.64. The van der Waals surface area contributed by atoms with Crippen LogP contribution in [0.4, 0.5) is 5.69 Å². The summed E-state index contributed by atoms with van der Waals surface area (Å²) in [6.45, 7) is 0.568. The van der Waals surface area contributed by atoms with E-state index in [4.69, 9.17) is 45.3 Å². The smallest absolute Gasteiger partial charge is 0.244 e. The number of carbonyl (C=O) groups excluding carboxylic acids is 1. The Hall–Kier alpha value is -1.62. The monoisotopic (exact) mass is 370 g/mol. The highest BCUT2D eigenvalue weighted by atomic mass is 35.5. The summed E-state index contributed by atoms with van der Waals surface area (Å²) in [5.41, 5.74) is 7.54. The minimum Gasteiger partial charge on any atom is -0.491 e. The van der Waals surface area contributed by atoms with Crippen molar-refractivity contribution in [3.8, 4) is 5.75 Å². The summed E-state index contributed by atoms with van der Waals surface area (Å²) >= 11 is 18.5. The first-order valence-corrected chi connectivity index (χ1v) is 8.05. The van der Waals surface area contributed by atoms with Crippen molar-refractivity contribution >= 4 is 46.4 Å². The number of carbonyl (C=O) groups is 1. The van der Waals surface area contributed by atoms with Crippen LogP contribution in [0.2, 0.25) is 15.1 Å². The van der Waals surface area contributed by atoms with Gasteiger partial charge in [-0.2, -0.15) is 0 Å². The van der Waals surface area contributed by atoms with Gasteiger partial charge in [-0.05, 0) is 24.3 Å². The van der Waals surface area contributed by atoms with E-state index in [9.17, 15) is 4.79 Å². The summed E-state index contributed by atoms with van der Waals surface area (Å²) in [4.78, 5) is 12.0. The van der Waals surface area contributed by atoms with E-state index < -0.39 is 11.9 Å². The van der Waals surface area contributed by atoms with Crippen molar-refractivity contribution < 1.29 is 9.53 Å². The van der Waals surface area contributed by atoms with Crippen molar-refractivity contribution in [1.29, 1.82) is 0 Å². The van der Waals surface area contributed by atoms with Crippen molar-refractivity contribution in [2.75, 3.05) is 11.9 Å². The van der Waals surface area contributed by atoms with Gasteiger partial charge < -0.3 is 15.8 Å². The Balaban J connectivity index is 2.04. The van der Waals surface area contributed by atoms with Gasteiger partial charge in [-0.3, -0.25) is 4.79 Å². The number of rotatable bonds is 4. The molecule has 4 nitrogen and oxygen atoms in total. The van der Waals surface area contributed by atoms with E-state index in [1.54, 1.807) is 24.3 Å². The van der Waals surface area contributed by atoms with Crippen LogP contribution in [-0.2, 0) is 11.2 Å². The lowest BCUT2D eigenvalue weighted by Crippen LogP contribution is -2.28. The lowest BCUT2D eigenvalue weighted by Gasteiger charge is -2.21. The summed E-state index contributed by atoms with van der Waals surface area (Å²) in [5, 5.41) is 4.32. The van der Waals surface area contributed by atoms with Gasteiger partial charge in [0.2, 0.25) is 5.91 Å². The topological polar surface area (TPSA) is 64.4 Å². The lowest BCUT2D eigenvalue weighted by atomic mass is 10.0. The van der Waals surface area contributed by atoms with Gasteiger partial charge in [-0.15, -0.1) is 0 Å². The van der Waals surface area contributed by atoms with E-state index in [1.165, 1.54) is 0 Å². The van der Waals surface area contributed by atoms with E-state index >= 15 is 0 Å². The molecule has 120 valence electrons. The fourth-order valence-electron chi connectivity index (χ4n) is 2.60. The van der Waals surface area contributed by atoms with Crippen LogP contribution in [0.5, 0.6) is 5.75 Å². The van der Waals surface area contributed by atoms with Crippen molar-refractivity contribution in [2.24, 2.45) is 5.73 Å². The fraction of sp³-hybridized carbons (Fsp3) is 0.188. The maximum Gasteiger partial charge on any atom is 0.244 e. The maximum atomic E-state index is 12.0. The molecule has 0 saturated carbocycles. The molecule has 0 bridgehead atoms. The number of nitrogens with one attached hydrogen (secondary N) is 1. The van der Waals surface area contributed by atoms with Crippen LogP contribution in [0.25, 0.3) is 0 Å². The number of amides is 1. The average molecular weight is 372 g/mol. The molecule has 1 aliphatic rings. The molecule has 0 radical (unpaired) electrons. The molecule has 0 spiro atoms. The van der Waals surface area contributed by atoms with Crippen molar-refractivity contribution in [3.63, 3.8) is 0 Å². The molecule has 1 unspecified atom stereocenters. The average Bonchev–Trinajstić information content (AvgIpc) is 2.93. The van der Waals surface area contributed by atoms with Gasteiger partial charge in [0, 0.05) is 32.6 Å². The SMILES string of the molecule is NC(=O)C(Nc1cc(Cl)cc2c1OCC2)c1c(Cl)cccc1Cl. The zero-order valence-corrected chi connectivity index (χ0v) is 14.2. The Kier molecular flexibility index (Phi) is 4.57. The second-order valence-electron chi connectivity index (χ2n) is 5.16. The number of fused-ring (bicyclic) bond motifs is 1. The second kappa shape index (κ2) is 6.48. The normalized spacial score (nSPS) is 14.0. The quantitative estimate of drug-likeness (QED) is 0.845. The van der Waals surface area contributed by atoms with Gasteiger partial charge in [0.05, 0.1) is 12.3 Å². The predicted molar refractivity (Wildman–Crippen MR) is 92.7 cm³/mol. The van der Waals surface area contributed by atoms with E-state index in [1.807, 2.05) is 6.07 Å². The van der Waals surface area contributed by atoms with Crippen LogP contribution in [0, 0.1) is 0 Å². The zero-order valence-electron chi connectivity index (χ0n) is 11.9. The Bertz CT molecular complexity index is 760. The van der Waals surface area contributed by atoms with E-state index in [2.05, 4.69) is 5.32 Å². The number of ether oxygens (including phenoxy) is 1. The molecule has 0 saturated heterocycles. The van der Waals surface area contributed by atoms with Crippen molar-refractivity contribution in [2.45, 2.75) is 12.5 Å². The van der Waals surface area contributed by atoms with Crippen LogP contribution in [0.1, 0.15) is 17.2 Å². The molecule has 0 aromatic heterocycles. The molecule has 2 aromatic rings. The Labute approximate surface area is 148 Å². The number of halogens is 3. The molecule has 1 aliphatic heterocycles. The third kappa shape index (κ3) is 3.20. The van der Waals surface area contributed by atoms with E-state index in [0.717, 1.165) is 12.0 Å². The third-order valence-electron chi connectivity index (χ3n) is 3.62. The molecule has 1 amide bonds. The number of anilines is 1. The number of hydrogen-bond acceptors (Lipinski definition) is 3. The van der Waals surface area contributed by atoms with Gasteiger partial charge in [0.15, 0.2) is 0 Å². The molecule has 2 aromatic carbocycles. The number of benzene rings is 2. The summed E-state index contributed by atoms with van der Waals surface area (Å²) in [7, 11) is 0. The molecule has 23 heavy (non-hydrogen) atoms. The third-order valence-corrected chi connectivity index (χ3v) is 4.50. The second-order valence-corrected chi connectivity index (χ2v) is 6.41. The van der Waals surface area contributed by atoms with Crippen LogP contribution in [-0.4, -0.2) is 12.5 Å². The largest absolute Gasteiger partial charge is 0.491 e. The lowest BCUT2D eigenvalue weighted by molar-refractivity contribution is -0.118. The first-order chi connectivity index (χ1) is 11.0. The fourth-order valence-corrected chi connectivity index (χ4v) is 3.46. The molecule has 7 heteroatoms. The van der Waals surface area contributed by atoms with Crippen LogP contribution < -0.4 is 15.8 Å². The standard InChI is InChI=1S/C16H13Cl3N2O2/c17-9-6-8-4-5-23-15(8)12(7-9)21-14(16(20)22)13-10(18)2-1-3-11(13)19/h1-3,6-7,14,21H,4-5H2,(H2,20,22). The van der Waals surface area contributed by atoms with Crippen LogP contribution in [0.15, 0.2) is 30.3 Å². The first-order valence-electron chi connectivity index (χ1n) is 6.92. The molecule has 1 heterocycles. The van der Waals surface area contributed by atoms with Gasteiger partial charge in [0.25, 0.3) is 0 Å². The number of nitrogens with two attached hydrogens (primary N) is 1. The Morgan fingerprint density at radius 1 is 1.22 bits per heavy atom. The highest BCUT2D eigenvalue weighted by molar-refractivity contribution is 6.36. The number of hydrogen-bond donors (Lipinski definition) is 2. The maximum absolute atomic E-state index is 12.0. The van der Waals surface area contributed by atoms with Gasteiger partial charge in [-0.25, -0.2) is 0 Å². The van der Waals surface area contributed by atoms with Gasteiger partial charge in [-0.1, -0.05) is 40.9 Å². The highest BCUT2D eigenvalue weighted by Gasteiger charge is 2.26. The molecular formula is C16H13Cl3N2O2. The molecule has 1 atom stereocenters. The minimum absolute atomic E-state index is 0.355. The summed E-state index contributed by atoms with van der Waals surface area (Å²) in [5.74, 6) is 0.0653. The van der Waals surface area contributed by atoms with E-state index in [-0.39, 0.29) is 0 Å². The van der Waals surface area contributed by atoms with Crippen molar-refractivity contribution in [1.82, 2.24) is 0 Å². The highest BCUT2D eigenvalue weighted by Crippen LogP contribution is 2.40. The van der Waals surface area contributed by atoms with E-state index in [0.29, 0.717) is 38.7 Å². The number of primary amides is 1. The van der Waals surface area contributed by atoms with Crippen LogP contribution in [0.3, 0.4) is 0 Å². The summed E-state index contributed by atoms with van der Waals surface area (Å²) in [6.07, 6.45) is 0.763. The molecule has 3 rings (SSSR count). The van der Waals surface area contributed by atoms with Crippen molar-refractivity contribution in [3.05, 3.63) is 56.5 Å². The van der Waals surface area contributed by atoms with Gasteiger partial charge in [0.1, 0.15) is 11.8 Å². The Morgan fingerprint density at radius 3 is 2.57 bits per heavy atom. The predicted octanol–water partition coefficient (Wildman–Crippen LogP) is 4.22. The first kappa shape index (κ1) is 16.2. The van der Waals surface area contributed by atoms with Gasteiger partial charge >= 0.3 is 0 Å². The Morgan fingerprint density at radius 2 is 1.91 bits per heavy atom.